The summed E-state index contributed by atoms with van der Waals surface area (Å²) in [5.74, 6) is 0. The standard InChI is InChI=1S/C15H19N3/c1-17-8-10-18(11-9-17)15-7-6-14(16)12-4-2-3-5-13(12)15/h2-7H,8-11,16H2,1H3. The molecule has 1 fully saturated rings. The lowest BCUT2D eigenvalue weighted by atomic mass is 10.1. The average molecular weight is 241 g/mol. The predicted molar refractivity (Wildman–Crippen MR) is 78.1 cm³/mol. The fourth-order valence-corrected chi connectivity index (χ4v) is 2.63. The number of benzene rings is 2. The zero-order valence-electron chi connectivity index (χ0n) is 10.8. The van der Waals surface area contributed by atoms with Crippen LogP contribution in [0.25, 0.3) is 10.8 Å². The molecule has 2 aromatic rings. The van der Waals surface area contributed by atoms with Crippen LogP contribution in [-0.2, 0) is 0 Å². The number of fused-ring (bicyclic) bond motifs is 1. The van der Waals surface area contributed by atoms with Gasteiger partial charge in [0, 0.05) is 48.3 Å². The molecule has 3 nitrogen and oxygen atoms in total. The zero-order valence-corrected chi connectivity index (χ0v) is 10.8. The molecule has 0 atom stereocenters. The number of anilines is 2. The molecule has 0 amide bonds. The molecule has 1 aliphatic rings. The molecular weight excluding hydrogens is 222 g/mol. The second-order valence-electron chi connectivity index (χ2n) is 5.01. The van der Waals surface area contributed by atoms with E-state index in [0.717, 1.165) is 37.3 Å². The Morgan fingerprint density at radius 3 is 2.28 bits per heavy atom. The monoisotopic (exact) mass is 241 g/mol. The minimum absolute atomic E-state index is 0.864. The van der Waals surface area contributed by atoms with Gasteiger partial charge in [0.15, 0.2) is 0 Å². The molecular formula is C15H19N3. The SMILES string of the molecule is CN1CCN(c2ccc(N)c3ccccc23)CC1. The fraction of sp³-hybridized carbons (Fsp3) is 0.333. The minimum atomic E-state index is 0.864. The number of nitrogens with zero attached hydrogens (tertiary/aromatic N) is 2. The van der Waals surface area contributed by atoms with Crippen molar-refractivity contribution in [2.45, 2.75) is 0 Å². The van der Waals surface area contributed by atoms with Crippen molar-refractivity contribution in [2.24, 2.45) is 0 Å². The number of hydrogen-bond donors (Lipinski definition) is 1. The Kier molecular flexibility index (Phi) is 2.84. The highest BCUT2D eigenvalue weighted by Crippen LogP contribution is 2.31. The third-order valence-electron chi connectivity index (χ3n) is 3.78. The van der Waals surface area contributed by atoms with Gasteiger partial charge in [-0.3, -0.25) is 0 Å². The maximum Gasteiger partial charge on any atom is 0.0448 e. The van der Waals surface area contributed by atoms with E-state index in [2.05, 4.69) is 41.1 Å². The molecule has 2 N–H and O–H groups in total. The third kappa shape index (κ3) is 1.91. The van der Waals surface area contributed by atoms with Gasteiger partial charge >= 0.3 is 0 Å². The Morgan fingerprint density at radius 1 is 0.889 bits per heavy atom. The highest BCUT2D eigenvalue weighted by molar-refractivity contribution is 6.01. The van der Waals surface area contributed by atoms with Crippen molar-refractivity contribution in [3.63, 3.8) is 0 Å². The Labute approximate surface area is 108 Å². The molecule has 0 unspecified atom stereocenters. The molecule has 1 heterocycles. The van der Waals surface area contributed by atoms with Crippen molar-refractivity contribution in [3.05, 3.63) is 36.4 Å². The van der Waals surface area contributed by atoms with E-state index >= 15 is 0 Å². The molecule has 18 heavy (non-hydrogen) atoms. The summed E-state index contributed by atoms with van der Waals surface area (Å²) < 4.78 is 0. The highest BCUT2D eigenvalue weighted by Gasteiger charge is 2.16. The van der Waals surface area contributed by atoms with Crippen molar-refractivity contribution in [1.29, 1.82) is 0 Å². The van der Waals surface area contributed by atoms with Gasteiger partial charge in [-0.25, -0.2) is 0 Å². The van der Waals surface area contributed by atoms with E-state index in [0.29, 0.717) is 0 Å². The van der Waals surface area contributed by atoms with Crippen molar-refractivity contribution < 1.29 is 0 Å². The summed E-state index contributed by atoms with van der Waals surface area (Å²) in [5, 5.41) is 2.43. The van der Waals surface area contributed by atoms with Gasteiger partial charge in [-0.2, -0.15) is 0 Å². The van der Waals surface area contributed by atoms with Crippen LogP contribution in [0.5, 0.6) is 0 Å². The first-order valence-corrected chi connectivity index (χ1v) is 6.46. The van der Waals surface area contributed by atoms with E-state index < -0.39 is 0 Å². The van der Waals surface area contributed by atoms with Crippen LogP contribution in [0.4, 0.5) is 11.4 Å². The van der Waals surface area contributed by atoms with Crippen LogP contribution in [0.2, 0.25) is 0 Å². The molecule has 2 aromatic carbocycles. The van der Waals surface area contributed by atoms with Gasteiger partial charge in [-0.15, -0.1) is 0 Å². The first-order chi connectivity index (χ1) is 8.75. The number of likely N-dealkylation sites (N-methyl/N-ethyl adjacent to an activating group) is 1. The van der Waals surface area contributed by atoms with Gasteiger partial charge in [0.1, 0.15) is 0 Å². The Hall–Kier alpha value is -1.74. The molecule has 0 aromatic heterocycles. The molecule has 94 valence electrons. The van der Waals surface area contributed by atoms with E-state index in [-0.39, 0.29) is 0 Å². The normalized spacial score (nSPS) is 17.3. The van der Waals surface area contributed by atoms with E-state index in [4.69, 9.17) is 5.73 Å². The average Bonchev–Trinajstić information content (AvgIpc) is 2.41. The predicted octanol–water partition coefficient (Wildman–Crippen LogP) is 2.17. The summed E-state index contributed by atoms with van der Waals surface area (Å²) in [5.41, 5.74) is 8.23. The van der Waals surface area contributed by atoms with Crippen LogP contribution in [0.3, 0.4) is 0 Å². The summed E-state index contributed by atoms with van der Waals surface area (Å²) in [6.45, 7) is 4.42. The highest BCUT2D eigenvalue weighted by atomic mass is 15.2. The summed E-state index contributed by atoms with van der Waals surface area (Å²) in [6.07, 6.45) is 0. The summed E-state index contributed by atoms with van der Waals surface area (Å²) in [6, 6.07) is 12.6. The van der Waals surface area contributed by atoms with E-state index in [1.807, 2.05) is 12.1 Å². The molecule has 1 saturated heterocycles. The van der Waals surface area contributed by atoms with Crippen LogP contribution in [0.15, 0.2) is 36.4 Å². The van der Waals surface area contributed by atoms with Crippen molar-refractivity contribution in [2.75, 3.05) is 43.9 Å². The van der Waals surface area contributed by atoms with E-state index in [1.54, 1.807) is 0 Å². The lowest BCUT2D eigenvalue weighted by Gasteiger charge is -2.34. The topological polar surface area (TPSA) is 32.5 Å². The van der Waals surface area contributed by atoms with Gasteiger partial charge in [-0.1, -0.05) is 24.3 Å². The Bertz CT molecular complexity index is 557. The van der Waals surface area contributed by atoms with Crippen LogP contribution in [0.1, 0.15) is 0 Å². The minimum Gasteiger partial charge on any atom is -0.398 e. The number of nitrogen functional groups attached to an aromatic ring is 1. The summed E-state index contributed by atoms with van der Waals surface area (Å²) in [4.78, 5) is 4.83. The number of hydrogen-bond acceptors (Lipinski definition) is 3. The lowest BCUT2D eigenvalue weighted by molar-refractivity contribution is 0.313. The molecule has 1 aliphatic heterocycles. The quantitative estimate of drug-likeness (QED) is 0.777. The second-order valence-corrected chi connectivity index (χ2v) is 5.01. The van der Waals surface area contributed by atoms with Gasteiger partial charge in [0.05, 0.1) is 0 Å². The molecule has 3 heteroatoms. The first kappa shape index (κ1) is 11.4. The lowest BCUT2D eigenvalue weighted by Crippen LogP contribution is -2.44. The van der Waals surface area contributed by atoms with Gasteiger partial charge in [0.2, 0.25) is 0 Å². The molecule has 0 spiro atoms. The first-order valence-electron chi connectivity index (χ1n) is 6.46. The van der Waals surface area contributed by atoms with Crippen molar-refractivity contribution in [3.8, 4) is 0 Å². The molecule has 0 saturated carbocycles. The smallest absolute Gasteiger partial charge is 0.0448 e. The molecule has 3 rings (SSSR count). The van der Waals surface area contributed by atoms with Crippen molar-refractivity contribution in [1.82, 2.24) is 4.90 Å². The van der Waals surface area contributed by atoms with E-state index in [9.17, 15) is 0 Å². The molecule has 0 radical (unpaired) electrons. The van der Waals surface area contributed by atoms with Crippen molar-refractivity contribution >= 4 is 22.1 Å². The van der Waals surface area contributed by atoms with Gasteiger partial charge in [0.25, 0.3) is 0 Å². The Morgan fingerprint density at radius 2 is 1.56 bits per heavy atom. The number of piperazine rings is 1. The summed E-state index contributed by atoms with van der Waals surface area (Å²) in [7, 11) is 2.18. The number of nitrogens with two attached hydrogens (primary N) is 1. The molecule has 0 bridgehead atoms. The van der Waals surface area contributed by atoms with Gasteiger partial charge in [-0.05, 0) is 19.2 Å². The fourth-order valence-electron chi connectivity index (χ4n) is 2.63. The third-order valence-corrected chi connectivity index (χ3v) is 3.78. The second kappa shape index (κ2) is 4.50. The van der Waals surface area contributed by atoms with Crippen LogP contribution < -0.4 is 10.6 Å². The van der Waals surface area contributed by atoms with Crippen LogP contribution >= 0.6 is 0 Å². The van der Waals surface area contributed by atoms with Crippen LogP contribution in [0, 0.1) is 0 Å². The largest absolute Gasteiger partial charge is 0.398 e. The maximum atomic E-state index is 6.05. The van der Waals surface area contributed by atoms with Crippen LogP contribution in [-0.4, -0.2) is 38.1 Å². The van der Waals surface area contributed by atoms with E-state index in [1.165, 1.54) is 11.1 Å². The van der Waals surface area contributed by atoms with Gasteiger partial charge < -0.3 is 15.5 Å². The summed E-state index contributed by atoms with van der Waals surface area (Å²) >= 11 is 0. The number of rotatable bonds is 1. The zero-order chi connectivity index (χ0) is 12.5. The molecule has 0 aliphatic carbocycles. The Balaban J connectivity index is 2.04. The maximum absolute atomic E-state index is 6.05.